The van der Waals surface area contributed by atoms with E-state index >= 15 is 0 Å². The number of imidazole rings is 1. The van der Waals surface area contributed by atoms with Crippen LogP contribution in [0.5, 0.6) is 0 Å². The predicted octanol–water partition coefficient (Wildman–Crippen LogP) is 2.66. The second-order valence-electron chi connectivity index (χ2n) is 9.09. The number of ether oxygens (including phenoxy) is 1. The Morgan fingerprint density at radius 2 is 1.97 bits per heavy atom. The Hall–Kier alpha value is -2.58. The second-order valence-corrected chi connectivity index (χ2v) is 9.09. The smallest absolute Gasteiger partial charge is 0.408 e. The number of carbonyl (C=O) groups excluding carboxylic acids is 3. The van der Waals surface area contributed by atoms with Crippen molar-refractivity contribution in [3.63, 3.8) is 0 Å². The molecule has 166 valence electrons. The molecule has 1 aromatic rings. The Balaban J connectivity index is 1.56. The highest BCUT2D eigenvalue weighted by atomic mass is 16.6. The fourth-order valence-electron chi connectivity index (χ4n) is 4.13. The van der Waals surface area contributed by atoms with E-state index in [0.717, 1.165) is 25.0 Å². The van der Waals surface area contributed by atoms with Gasteiger partial charge in [0.25, 0.3) is 0 Å². The Bertz CT molecular complexity index is 805. The minimum atomic E-state index is -0.614. The molecule has 0 saturated carbocycles. The van der Waals surface area contributed by atoms with E-state index in [1.165, 1.54) is 0 Å². The first kappa shape index (κ1) is 22.1. The monoisotopic (exact) mass is 419 g/mol. The molecule has 1 fully saturated rings. The third-order valence-electron chi connectivity index (χ3n) is 5.56. The van der Waals surface area contributed by atoms with Gasteiger partial charge in [-0.2, -0.15) is 0 Å². The van der Waals surface area contributed by atoms with Crippen molar-refractivity contribution in [2.24, 2.45) is 0 Å². The fourth-order valence-corrected chi connectivity index (χ4v) is 4.13. The molecule has 0 aromatic carbocycles. The average molecular weight is 420 g/mol. The number of aromatic nitrogens is 2. The standard InChI is InChI=1S/C21H33N5O4/c1-6-7-17(23-19(28)30-21(3,4)5)18(27)24-10-8-15(9-11-24)25-13-16-12-22-14(2)26(16)20(25)29/h12,15,17H,6-11,13H2,1-5H3,(H,23,28)/t17-/m1/s1. The lowest BCUT2D eigenvalue weighted by atomic mass is 10.0. The molecule has 1 saturated heterocycles. The lowest BCUT2D eigenvalue weighted by Crippen LogP contribution is -2.53. The van der Waals surface area contributed by atoms with Gasteiger partial charge in [-0.25, -0.2) is 14.6 Å². The van der Waals surface area contributed by atoms with E-state index in [-0.39, 0.29) is 18.0 Å². The van der Waals surface area contributed by atoms with Crippen LogP contribution in [0.25, 0.3) is 0 Å². The van der Waals surface area contributed by atoms with Crippen LogP contribution in [-0.2, 0) is 16.1 Å². The molecule has 0 bridgehead atoms. The molecule has 9 nitrogen and oxygen atoms in total. The van der Waals surface area contributed by atoms with Crippen LogP contribution in [0.1, 0.15) is 64.9 Å². The van der Waals surface area contributed by atoms with Gasteiger partial charge < -0.3 is 19.9 Å². The maximum atomic E-state index is 13.0. The quantitative estimate of drug-likeness (QED) is 0.791. The average Bonchev–Trinajstić information content (AvgIpc) is 3.19. The van der Waals surface area contributed by atoms with Gasteiger partial charge >= 0.3 is 12.1 Å². The minimum absolute atomic E-state index is 0.0276. The van der Waals surface area contributed by atoms with E-state index in [0.29, 0.717) is 31.9 Å². The van der Waals surface area contributed by atoms with Gasteiger partial charge in [0.2, 0.25) is 5.91 Å². The lowest BCUT2D eigenvalue weighted by Gasteiger charge is -2.37. The molecule has 1 N–H and O–H groups in total. The van der Waals surface area contributed by atoms with Gasteiger partial charge in [0, 0.05) is 19.1 Å². The lowest BCUT2D eigenvalue weighted by molar-refractivity contribution is -0.135. The number of nitrogens with zero attached hydrogens (tertiary/aromatic N) is 4. The molecular formula is C21H33N5O4. The molecule has 1 atom stereocenters. The molecule has 0 spiro atoms. The van der Waals surface area contributed by atoms with Gasteiger partial charge in [-0.1, -0.05) is 13.3 Å². The second kappa shape index (κ2) is 8.65. The zero-order valence-electron chi connectivity index (χ0n) is 18.6. The fraction of sp³-hybridized carbons (Fsp3) is 0.714. The number of piperidine rings is 1. The first-order valence-electron chi connectivity index (χ1n) is 10.7. The van der Waals surface area contributed by atoms with Crippen LogP contribution < -0.4 is 5.32 Å². The van der Waals surface area contributed by atoms with E-state index in [4.69, 9.17) is 4.74 Å². The van der Waals surface area contributed by atoms with Crippen molar-refractivity contribution in [3.8, 4) is 0 Å². The zero-order chi connectivity index (χ0) is 22.1. The van der Waals surface area contributed by atoms with Crippen molar-refractivity contribution in [2.75, 3.05) is 13.1 Å². The molecular weight excluding hydrogens is 386 g/mol. The molecule has 2 aliphatic rings. The first-order chi connectivity index (χ1) is 14.1. The molecule has 2 aliphatic heterocycles. The van der Waals surface area contributed by atoms with Crippen LogP contribution >= 0.6 is 0 Å². The molecule has 0 aliphatic carbocycles. The van der Waals surface area contributed by atoms with Crippen molar-refractivity contribution >= 4 is 18.0 Å². The van der Waals surface area contributed by atoms with Crippen molar-refractivity contribution in [1.29, 1.82) is 0 Å². The molecule has 0 radical (unpaired) electrons. The van der Waals surface area contributed by atoms with E-state index in [9.17, 15) is 14.4 Å². The summed E-state index contributed by atoms with van der Waals surface area (Å²) in [7, 11) is 0. The van der Waals surface area contributed by atoms with Crippen molar-refractivity contribution in [3.05, 3.63) is 17.7 Å². The molecule has 3 rings (SSSR count). The first-order valence-corrected chi connectivity index (χ1v) is 10.7. The summed E-state index contributed by atoms with van der Waals surface area (Å²) in [5.74, 6) is 0.626. The maximum absolute atomic E-state index is 13.0. The molecule has 3 amide bonds. The van der Waals surface area contributed by atoms with Gasteiger partial charge in [-0.3, -0.25) is 9.36 Å². The van der Waals surface area contributed by atoms with E-state index < -0.39 is 17.7 Å². The third kappa shape index (κ3) is 4.76. The minimum Gasteiger partial charge on any atom is -0.444 e. The van der Waals surface area contributed by atoms with Gasteiger partial charge in [-0.05, 0) is 47.0 Å². The largest absolute Gasteiger partial charge is 0.444 e. The number of rotatable bonds is 5. The highest BCUT2D eigenvalue weighted by Crippen LogP contribution is 2.26. The summed E-state index contributed by atoms with van der Waals surface area (Å²) in [5.41, 5.74) is 0.303. The normalized spacial score (nSPS) is 18.4. The summed E-state index contributed by atoms with van der Waals surface area (Å²) in [6.45, 7) is 10.9. The summed E-state index contributed by atoms with van der Waals surface area (Å²) in [6.07, 6.45) is 3.96. The topological polar surface area (TPSA) is 96.8 Å². The molecule has 1 aromatic heterocycles. The van der Waals surface area contributed by atoms with Gasteiger partial charge in [0.05, 0.1) is 18.4 Å². The van der Waals surface area contributed by atoms with E-state index in [1.54, 1.807) is 36.4 Å². The summed E-state index contributed by atoms with van der Waals surface area (Å²) in [5, 5.41) is 2.73. The number of hydrogen-bond donors (Lipinski definition) is 1. The van der Waals surface area contributed by atoms with E-state index in [1.807, 2.05) is 18.7 Å². The Labute approximate surface area is 177 Å². The number of likely N-dealkylation sites (tertiary alicyclic amines) is 1. The zero-order valence-corrected chi connectivity index (χ0v) is 18.6. The predicted molar refractivity (Wildman–Crippen MR) is 111 cm³/mol. The molecule has 3 heterocycles. The highest BCUT2D eigenvalue weighted by Gasteiger charge is 2.37. The number of alkyl carbamates (subject to hydrolysis) is 1. The number of fused-ring (bicyclic) bond motifs is 1. The molecule has 0 unspecified atom stereocenters. The van der Waals surface area contributed by atoms with Crippen LogP contribution in [0.4, 0.5) is 9.59 Å². The number of amides is 3. The summed E-state index contributed by atoms with van der Waals surface area (Å²) in [6, 6.07) is -0.520. The SMILES string of the molecule is CCC[C@@H](NC(=O)OC(C)(C)C)C(=O)N1CCC(N2Cc3cnc(C)n3C2=O)CC1. The number of carbonyl (C=O) groups is 3. The van der Waals surface area contributed by atoms with Crippen LogP contribution in [0.3, 0.4) is 0 Å². The van der Waals surface area contributed by atoms with Crippen molar-refractivity contribution in [2.45, 2.75) is 84.5 Å². The number of aryl methyl sites for hydroxylation is 1. The van der Waals surface area contributed by atoms with Crippen LogP contribution in [0.15, 0.2) is 6.20 Å². The molecule has 30 heavy (non-hydrogen) atoms. The number of hydrogen-bond acceptors (Lipinski definition) is 5. The Morgan fingerprint density at radius 3 is 2.53 bits per heavy atom. The number of nitrogens with one attached hydrogen (secondary N) is 1. The third-order valence-corrected chi connectivity index (χ3v) is 5.56. The Kier molecular flexibility index (Phi) is 6.38. The highest BCUT2D eigenvalue weighted by molar-refractivity contribution is 5.86. The van der Waals surface area contributed by atoms with E-state index in [2.05, 4.69) is 10.3 Å². The van der Waals surface area contributed by atoms with Gasteiger partial charge in [-0.15, -0.1) is 0 Å². The van der Waals surface area contributed by atoms with Crippen LogP contribution in [0.2, 0.25) is 0 Å². The molecule has 9 heteroatoms. The van der Waals surface area contributed by atoms with Crippen molar-refractivity contribution < 1.29 is 19.1 Å². The van der Waals surface area contributed by atoms with Gasteiger partial charge in [0.15, 0.2) is 0 Å². The van der Waals surface area contributed by atoms with Crippen molar-refractivity contribution in [1.82, 2.24) is 24.7 Å². The Morgan fingerprint density at radius 1 is 1.30 bits per heavy atom. The van der Waals surface area contributed by atoms with Crippen LogP contribution in [0, 0.1) is 6.92 Å². The summed E-state index contributed by atoms with van der Waals surface area (Å²) in [4.78, 5) is 45.8. The van der Waals surface area contributed by atoms with Gasteiger partial charge in [0.1, 0.15) is 17.5 Å². The summed E-state index contributed by atoms with van der Waals surface area (Å²) >= 11 is 0. The van der Waals surface area contributed by atoms with Crippen LogP contribution in [-0.4, -0.2) is 68.2 Å². The maximum Gasteiger partial charge on any atom is 0.408 e. The summed E-state index contributed by atoms with van der Waals surface area (Å²) < 4.78 is 6.97.